The molecule has 1 N–H and O–H groups in total. The zero-order valence-corrected chi connectivity index (χ0v) is 9.43. The summed E-state index contributed by atoms with van der Waals surface area (Å²) in [7, 11) is 0. The van der Waals surface area contributed by atoms with Crippen LogP contribution in [-0.4, -0.2) is 34.7 Å². The van der Waals surface area contributed by atoms with Gasteiger partial charge in [0.05, 0.1) is 25.1 Å². The Morgan fingerprint density at radius 1 is 1.35 bits per heavy atom. The second-order valence-corrected chi connectivity index (χ2v) is 4.49. The third-order valence-electron chi connectivity index (χ3n) is 3.44. The first-order chi connectivity index (χ1) is 8.33. The standard InChI is InChI=1S/C12H14N2O3/c15-14-10-7-12(2-5-16-6-3-12)17-11-8-13-4-1-9(10)11/h1,4,8,15H,2-3,5-7H2/b14-10+. The molecule has 0 radical (unpaired) electrons. The summed E-state index contributed by atoms with van der Waals surface area (Å²) in [4.78, 5) is 4.05. The molecule has 1 aromatic rings. The van der Waals surface area contributed by atoms with E-state index in [4.69, 9.17) is 14.7 Å². The number of hydrogen-bond acceptors (Lipinski definition) is 5. The molecule has 0 unspecified atom stereocenters. The van der Waals surface area contributed by atoms with Gasteiger partial charge in [-0.15, -0.1) is 0 Å². The van der Waals surface area contributed by atoms with E-state index in [9.17, 15) is 0 Å². The van der Waals surface area contributed by atoms with E-state index < -0.39 is 0 Å². The van der Waals surface area contributed by atoms with Gasteiger partial charge in [-0.05, 0) is 6.07 Å². The molecule has 5 nitrogen and oxygen atoms in total. The summed E-state index contributed by atoms with van der Waals surface area (Å²) in [5, 5.41) is 12.5. The Morgan fingerprint density at radius 3 is 2.94 bits per heavy atom. The van der Waals surface area contributed by atoms with Crippen molar-refractivity contribution in [2.45, 2.75) is 24.9 Å². The molecule has 1 saturated heterocycles. The maximum atomic E-state index is 9.13. The summed E-state index contributed by atoms with van der Waals surface area (Å²) >= 11 is 0. The van der Waals surface area contributed by atoms with E-state index in [2.05, 4.69) is 10.1 Å². The smallest absolute Gasteiger partial charge is 0.147 e. The van der Waals surface area contributed by atoms with E-state index in [0.29, 0.717) is 31.1 Å². The van der Waals surface area contributed by atoms with E-state index in [1.807, 2.05) is 6.07 Å². The lowest BCUT2D eigenvalue weighted by atomic mass is 9.84. The fourth-order valence-corrected chi connectivity index (χ4v) is 2.48. The molecule has 3 heterocycles. The molecule has 0 atom stereocenters. The van der Waals surface area contributed by atoms with Crippen LogP contribution in [0, 0.1) is 0 Å². The van der Waals surface area contributed by atoms with Crippen LogP contribution in [0.2, 0.25) is 0 Å². The molecule has 0 amide bonds. The minimum atomic E-state index is -0.282. The van der Waals surface area contributed by atoms with Gasteiger partial charge in [0.25, 0.3) is 0 Å². The molecule has 1 spiro atoms. The van der Waals surface area contributed by atoms with Crippen molar-refractivity contribution in [2.75, 3.05) is 13.2 Å². The number of ether oxygens (including phenoxy) is 2. The molecule has 90 valence electrons. The molecular weight excluding hydrogens is 220 g/mol. The number of rotatable bonds is 0. The maximum Gasteiger partial charge on any atom is 0.147 e. The predicted octanol–water partition coefficient (Wildman–Crippen LogP) is 1.59. The molecule has 5 heteroatoms. The fraction of sp³-hybridized carbons (Fsp3) is 0.500. The highest BCUT2D eigenvalue weighted by Crippen LogP contribution is 2.38. The highest BCUT2D eigenvalue weighted by Gasteiger charge is 2.41. The lowest BCUT2D eigenvalue weighted by Crippen LogP contribution is -2.46. The third kappa shape index (κ3) is 1.76. The number of hydrogen-bond donors (Lipinski definition) is 1. The van der Waals surface area contributed by atoms with Gasteiger partial charge in [0.2, 0.25) is 0 Å². The molecule has 3 rings (SSSR count). The number of aromatic nitrogens is 1. The van der Waals surface area contributed by atoms with Crippen LogP contribution in [0.4, 0.5) is 0 Å². The van der Waals surface area contributed by atoms with Gasteiger partial charge in [-0.2, -0.15) is 0 Å². The molecule has 1 aromatic heterocycles. The van der Waals surface area contributed by atoms with Crippen LogP contribution in [0.1, 0.15) is 24.8 Å². The Labute approximate surface area is 99.1 Å². The van der Waals surface area contributed by atoms with Crippen molar-refractivity contribution in [1.29, 1.82) is 0 Å². The molecule has 0 aliphatic carbocycles. The van der Waals surface area contributed by atoms with Crippen molar-refractivity contribution in [3.8, 4) is 5.75 Å². The molecule has 17 heavy (non-hydrogen) atoms. The van der Waals surface area contributed by atoms with Crippen molar-refractivity contribution in [3.63, 3.8) is 0 Å². The van der Waals surface area contributed by atoms with Crippen molar-refractivity contribution in [3.05, 3.63) is 24.0 Å². The van der Waals surface area contributed by atoms with Crippen molar-refractivity contribution >= 4 is 5.71 Å². The highest BCUT2D eigenvalue weighted by molar-refractivity contribution is 6.03. The minimum absolute atomic E-state index is 0.282. The van der Waals surface area contributed by atoms with Gasteiger partial charge in [-0.3, -0.25) is 4.98 Å². The Hall–Kier alpha value is -1.62. The topological polar surface area (TPSA) is 63.9 Å². The molecule has 0 saturated carbocycles. The SMILES string of the molecule is O/N=C1\CC2(CCOCC2)Oc2cnccc21. The molecule has 0 aromatic carbocycles. The van der Waals surface area contributed by atoms with Gasteiger partial charge in [0, 0.05) is 31.0 Å². The quantitative estimate of drug-likeness (QED) is 0.547. The second kappa shape index (κ2) is 4.00. The van der Waals surface area contributed by atoms with E-state index in [1.54, 1.807) is 12.4 Å². The van der Waals surface area contributed by atoms with Gasteiger partial charge in [0.15, 0.2) is 0 Å². The lowest BCUT2D eigenvalue weighted by Gasteiger charge is -2.41. The van der Waals surface area contributed by atoms with Gasteiger partial charge < -0.3 is 14.7 Å². The molecular formula is C12H14N2O3. The first kappa shape index (κ1) is 10.5. The molecule has 2 aliphatic rings. The van der Waals surface area contributed by atoms with Gasteiger partial charge in [-0.1, -0.05) is 5.16 Å². The van der Waals surface area contributed by atoms with E-state index in [0.717, 1.165) is 18.4 Å². The van der Waals surface area contributed by atoms with Crippen molar-refractivity contribution in [1.82, 2.24) is 4.98 Å². The Kier molecular flexibility index (Phi) is 2.48. The summed E-state index contributed by atoms with van der Waals surface area (Å²) in [6.45, 7) is 1.38. The Bertz CT molecular complexity index is 453. The number of pyridine rings is 1. The van der Waals surface area contributed by atoms with Gasteiger partial charge in [0.1, 0.15) is 11.4 Å². The van der Waals surface area contributed by atoms with Crippen LogP contribution in [0.5, 0.6) is 5.75 Å². The second-order valence-electron chi connectivity index (χ2n) is 4.49. The van der Waals surface area contributed by atoms with Crippen LogP contribution in [0.3, 0.4) is 0 Å². The minimum Gasteiger partial charge on any atom is -0.484 e. The fourth-order valence-electron chi connectivity index (χ4n) is 2.48. The lowest BCUT2D eigenvalue weighted by molar-refractivity contribution is -0.0447. The monoisotopic (exact) mass is 234 g/mol. The summed E-state index contributed by atoms with van der Waals surface area (Å²) < 4.78 is 11.4. The van der Waals surface area contributed by atoms with Crippen LogP contribution < -0.4 is 4.74 Å². The van der Waals surface area contributed by atoms with Crippen LogP contribution in [0.15, 0.2) is 23.6 Å². The predicted molar refractivity (Wildman–Crippen MR) is 60.6 cm³/mol. The van der Waals surface area contributed by atoms with Crippen molar-refractivity contribution in [2.24, 2.45) is 5.16 Å². The summed E-state index contributed by atoms with van der Waals surface area (Å²) in [5.41, 5.74) is 1.23. The summed E-state index contributed by atoms with van der Waals surface area (Å²) in [6, 6.07) is 1.82. The normalized spacial score (nSPS) is 24.4. The average molecular weight is 234 g/mol. The summed E-state index contributed by atoms with van der Waals surface area (Å²) in [6.07, 6.45) is 5.62. The Morgan fingerprint density at radius 2 is 2.18 bits per heavy atom. The Balaban J connectivity index is 2.00. The van der Waals surface area contributed by atoms with E-state index in [1.165, 1.54) is 0 Å². The van der Waals surface area contributed by atoms with Gasteiger partial charge >= 0.3 is 0 Å². The van der Waals surface area contributed by atoms with Gasteiger partial charge in [-0.25, -0.2) is 0 Å². The highest BCUT2D eigenvalue weighted by atomic mass is 16.5. The molecule has 1 fully saturated rings. The largest absolute Gasteiger partial charge is 0.484 e. The number of oxime groups is 1. The first-order valence-corrected chi connectivity index (χ1v) is 5.75. The third-order valence-corrected chi connectivity index (χ3v) is 3.44. The van der Waals surface area contributed by atoms with Crippen molar-refractivity contribution < 1.29 is 14.7 Å². The summed E-state index contributed by atoms with van der Waals surface area (Å²) in [5.74, 6) is 0.702. The van der Waals surface area contributed by atoms with E-state index in [-0.39, 0.29) is 5.60 Å². The zero-order valence-electron chi connectivity index (χ0n) is 9.43. The average Bonchev–Trinajstić information content (AvgIpc) is 2.38. The molecule has 0 bridgehead atoms. The van der Waals surface area contributed by atoms with Crippen LogP contribution in [-0.2, 0) is 4.74 Å². The maximum absolute atomic E-state index is 9.13. The van der Waals surface area contributed by atoms with Crippen LogP contribution >= 0.6 is 0 Å². The number of nitrogens with zero attached hydrogens (tertiary/aromatic N) is 2. The van der Waals surface area contributed by atoms with Crippen LogP contribution in [0.25, 0.3) is 0 Å². The molecule has 2 aliphatic heterocycles. The first-order valence-electron chi connectivity index (χ1n) is 5.75. The van der Waals surface area contributed by atoms with E-state index >= 15 is 0 Å². The zero-order chi connectivity index (χ0) is 11.7. The number of fused-ring (bicyclic) bond motifs is 1.